The quantitative estimate of drug-likeness (QED) is 0.794. The lowest BCUT2D eigenvalue weighted by molar-refractivity contribution is -0.125. The summed E-state index contributed by atoms with van der Waals surface area (Å²) in [5.41, 5.74) is 1.96. The molecule has 0 radical (unpaired) electrons. The van der Waals surface area contributed by atoms with E-state index in [0.29, 0.717) is 34.7 Å². The Morgan fingerprint density at radius 3 is 2.68 bits per heavy atom. The van der Waals surface area contributed by atoms with Gasteiger partial charge in [0.25, 0.3) is 5.91 Å². The van der Waals surface area contributed by atoms with Crippen molar-refractivity contribution < 1.29 is 18.8 Å². The molecule has 0 spiro atoms. The van der Waals surface area contributed by atoms with Gasteiger partial charge in [-0.3, -0.25) is 9.36 Å². The summed E-state index contributed by atoms with van der Waals surface area (Å²) in [6.45, 7) is 9.62. The van der Waals surface area contributed by atoms with Crippen LogP contribution in [0.25, 0.3) is 5.82 Å². The van der Waals surface area contributed by atoms with Crippen LogP contribution in [0.3, 0.4) is 0 Å². The van der Waals surface area contributed by atoms with E-state index in [1.165, 1.54) is 6.42 Å². The number of aromatic nitrogens is 2. The first-order valence-electron chi connectivity index (χ1n) is 9.87. The molecule has 0 unspecified atom stereocenters. The number of amides is 1. The van der Waals surface area contributed by atoms with Crippen molar-refractivity contribution in [2.75, 3.05) is 6.61 Å². The van der Waals surface area contributed by atoms with Gasteiger partial charge in [0.05, 0.1) is 5.56 Å². The fraction of sp³-hybridized carbons (Fsp3) is 0.571. The Balaban J connectivity index is 1.61. The summed E-state index contributed by atoms with van der Waals surface area (Å²) < 4.78 is 12.2. The lowest BCUT2D eigenvalue weighted by atomic mass is 9.78. The molecule has 1 amide bonds. The number of carbonyl (C=O) groups is 2. The smallest absolute Gasteiger partial charge is 0.340 e. The molecule has 1 N–H and O–H groups in total. The number of nitrogens with zero attached hydrogens (tertiary/aromatic N) is 2. The largest absolute Gasteiger partial charge is 0.452 e. The summed E-state index contributed by atoms with van der Waals surface area (Å²) in [6, 6.07) is 3.69. The number of rotatable bonds is 5. The lowest BCUT2D eigenvalue weighted by Crippen LogP contribution is -2.45. The molecule has 1 aliphatic carbocycles. The molecule has 28 heavy (non-hydrogen) atoms. The maximum Gasteiger partial charge on any atom is 0.340 e. The Hall–Kier alpha value is -2.57. The zero-order chi connectivity index (χ0) is 20.4. The van der Waals surface area contributed by atoms with Gasteiger partial charge in [-0.1, -0.05) is 31.8 Å². The number of carbonyl (C=O) groups excluding carboxylic acids is 2. The van der Waals surface area contributed by atoms with Crippen LogP contribution in [0.5, 0.6) is 0 Å². The maximum absolute atomic E-state index is 12.5. The van der Waals surface area contributed by atoms with E-state index in [1.54, 1.807) is 12.1 Å². The van der Waals surface area contributed by atoms with Crippen LogP contribution in [-0.4, -0.2) is 34.2 Å². The van der Waals surface area contributed by atoms with E-state index < -0.39 is 5.97 Å². The average Bonchev–Trinajstić information content (AvgIpc) is 3.19. The minimum absolute atomic E-state index is 0.149. The van der Waals surface area contributed by atoms with Crippen molar-refractivity contribution in [2.45, 2.75) is 59.9 Å². The fourth-order valence-corrected chi connectivity index (χ4v) is 4.02. The van der Waals surface area contributed by atoms with Gasteiger partial charge in [0.15, 0.2) is 12.4 Å². The number of hydrogen-bond donors (Lipinski definition) is 1. The SMILES string of the molecule is Cc1cc(-n2c(C)cc(C(=O)OCC(=O)N[C@@H]3CCC[C@@H](C)[C@H]3C)c2C)no1. The van der Waals surface area contributed by atoms with Crippen molar-refractivity contribution in [1.82, 2.24) is 15.0 Å². The molecule has 1 aliphatic rings. The van der Waals surface area contributed by atoms with Gasteiger partial charge in [-0.05, 0) is 45.1 Å². The Morgan fingerprint density at radius 2 is 2.00 bits per heavy atom. The topological polar surface area (TPSA) is 86.4 Å². The number of hydrogen-bond acceptors (Lipinski definition) is 5. The van der Waals surface area contributed by atoms with Crippen molar-refractivity contribution in [3.8, 4) is 5.82 Å². The van der Waals surface area contributed by atoms with Gasteiger partial charge in [-0.2, -0.15) is 0 Å². The van der Waals surface area contributed by atoms with E-state index in [9.17, 15) is 9.59 Å². The molecule has 2 aromatic heterocycles. The Morgan fingerprint density at radius 1 is 1.25 bits per heavy atom. The summed E-state index contributed by atoms with van der Waals surface area (Å²) in [4.78, 5) is 24.8. The number of ether oxygens (including phenoxy) is 1. The van der Waals surface area contributed by atoms with Crippen molar-refractivity contribution in [1.29, 1.82) is 0 Å². The van der Waals surface area contributed by atoms with E-state index in [1.807, 2.05) is 25.3 Å². The summed E-state index contributed by atoms with van der Waals surface area (Å²) in [5, 5.41) is 7.03. The summed E-state index contributed by atoms with van der Waals surface area (Å²) in [7, 11) is 0. The minimum Gasteiger partial charge on any atom is -0.452 e. The van der Waals surface area contributed by atoms with Crippen molar-refractivity contribution >= 4 is 11.9 Å². The molecule has 3 atom stereocenters. The molecule has 0 bridgehead atoms. The highest BCUT2D eigenvalue weighted by atomic mass is 16.5. The summed E-state index contributed by atoms with van der Waals surface area (Å²) >= 11 is 0. The molecular weight excluding hydrogens is 358 g/mol. The predicted octanol–water partition coefficient (Wildman–Crippen LogP) is 3.49. The molecule has 2 aromatic rings. The molecule has 3 rings (SSSR count). The predicted molar refractivity (Wildman–Crippen MR) is 104 cm³/mol. The van der Waals surface area contributed by atoms with Gasteiger partial charge < -0.3 is 14.6 Å². The number of nitrogens with one attached hydrogen (secondary N) is 1. The Bertz CT molecular complexity index is 867. The van der Waals surface area contributed by atoms with E-state index >= 15 is 0 Å². The molecule has 0 aromatic carbocycles. The number of aryl methyl sites for hydroxylation is 2. The van der Waals surface area contributed by atoms with E-state index in [0.717, 1.165) is 18.5 Å². The standard InChI is InChI=1S/C21H29N3O4/c1-12-7-6-8-18(15(12)4)22-20(25)11-27-21(26)17-9-13(2)24(16(17)5)19-10-14(3)28-23-19/h9-10,12,15,18H,6-8,11H2,1-5H3,(H,22,25)/t12-,15-,18-/m1/s1. The third kappa shape index (κ3) is 4.13. The zero-order valence-electron chi connectivity index (χ0n) is 17.2. The zero-order valence-corrected chi connectivity index (χ0v) is 17.2. The third-order valence-corrected chi connectivity index (χ3v) is 5.88. The van der Waals surface area contributed by atoms with Crippen LogP contribution in [0.2, 0.25) is 0 Å². The highest BCUT2D eigenvalue weighted by molar-refractivity contribution is 5.93. The molecule has 1 fully saturated rings. The second-order valence-corrected chi connectivity index (χ2v) is 7.93. The summed E-state index contributed by atoms with van der Waals surface area (Å²) in [5.74, 6) is 1.56. The second-order valence-electron chi connectivity index (χ2n) is 7.93. The first-order chi connectivity index (χ1) is 13.3. The molecule has 7 nitrogen and oxygen atoms in total. The van der Waals surface area contributed by atoms with Crippen LogP contribution in [0.4, 0.5) is 0 Å². The van der Waals surface area contributed by atoms with Crippen LogP contribution in [0, 0.1) is 32.6 Å². The highest BCUT2D eigenvalue weighted by Crippen LogP contribution is 2.29. The monoisotopic (exact) mass is 387 g/mol. The highest BCUT2D eigenvalue weighted by Gasteiger charge is 2.28. The van der Waals surface area contributed by atoms with Gasteiger partial charge in [0.1, 0.15) is 5.76 Å². The van der Waals surface area contributed by atoms with Crippen LogP contribution >= 0.6 is 0 Å². The molecule has 0 aliphatic heterocycles. The summed E-state index contributed by atoms with van der Waals surface area (Å²) in [6.07, 6.45) is 3.29. The van der Waals surface area contributed by atoms with E-state index in [4.69, 9.17) is 9.26 Å². The van der Waals surface area contributed by atoms with Crippen molar-refractivity contribution in [3.63, 3.8) is 0 Å². The van der Waals surface area contributed by atoms with E-state index in [-0.39, 0.29) is 18.6 Å². The van der Waals surface area contributed by atoms with Crippen LogP contribution in [-0.2, 0) is 9.53 Å². The normalized spacial score (nSPS) is 22.1. The lowest BCUT2D eigenvalue weighted by Gasteiger charge is -2.34. The van der Waals surface area contributed by atoms with E-state index in [2.05, 4.69) is 24.3 Å². The van der Waals surface area contributed by atoms with Crippen LogP contribution < -0.4 is 5.32 Å². The molecule has 1 saturated carbocycles. The minimum atomic E-state index is -0.514. The molecular formula is C21H29N3O4. The number of esters is 1. The van der Waals surface area contributed by atoms with Gasteiger partial charge >= 0.3 is 5.97 Å². The van der Waals surface area contributed by atoms with Gasteiger partial charge in [0.2, 0.25) is 0 Å². The Kier molecular flexibility index (Phi) is 5.91. The second kappa shape index (κ2) is 8.20. The van der Waals surface area contributed by atoms with Gasteiger partial charge in [-0.25, -0.2) is 4.79 Å². The third-order valence-electron chi connectivity index (χ3n) is 5.88. The average molecular weight is 387 g/mol. The van der Waals surface area contributed by atoms with Crippen LogP contribution in [0.1, 0.15) is 60.6 Å². The first-order valence-corrected chi connectivity index (χ1v) is 9.87. The van der Waals surface area contributed by atoms with Gasteiger partial charge in [0, 0.05) is 23.5 Å². The Labute approximate surface area is 165 Å². The van der Waals surface area contributed by atoms with Gasteiger partial charge in [-0.15, -0.1) is 0 Å². The van der Waals surface area contributed by atoms with Crippen LogP contribution in [0.15, 0.2) is 16.7 Å². The maximum atomic E-state index is 12.5. The van der Waals surface area contributed by atoms with Crippen molar-refractivity contribution in [2.24, 2.45) is 11.8 Å². The molecule has 7 heteroatoms. The molecule has 0 saturated heterocycles. The first kappa shape index (κ1) is 20.2. The molecule has 2 heterocycles. The van der Waals surface area contributed by atoms with Crippen molar-refractivity contribution in [3.05, 3.63) is 34.8 Å². The fourth-order valence-electron chi connectivity index (χ4n) is 4.02. The molecule has 152 valence electrons.